The van der Waals surface area contributed by atoms with Gasteiger partial charge in [0.2, 0.25) is 5.91 Å². The van der Waals surface area contributed by atoms with E-state index >= 15 is 0 Å². The Hall–Kier alpha value is -2.42. The van der Waals surface area contributed by atoms with Gasteiger partial charge in [0, 0.05) is 29.8 Å². The maximum absolute atomic E-state index is 12.5. The summed E-state index contributed by atoms with van der Waals surface area (Å²) in [5.74, 6) is 1.36. The van der Waals surface area contributed by atoms with E-state index < -0.39 is 4.92 Å². The molecule has 136 valence electrons. The van der Waals surface area contributed by atoms with Gasteiger partial charge >= 0.3 is 0 Å². The van der Waals surface area contributed by atoms with E-state index in [1.807, 2.05) is 0 Å². The third-order valence-corrected chi connectivity index (χ3v) is 5.58. The van der Waals surface area contributed by atoms with Gasteiger partial charge in [-0.2, -0.15) is 0 Å². The average molecular weight is 373 g/mol. The highest BCUT2D eigenvalue weighted by molar-refractivity contribution is 8.00. The fourth-order valence-electron chi connectivity index (χ4n) is 2.82. The number of nitro groups is 1. The number of anilines is 1. The van der Waals surface area contributed by atoms with E-state index in [1.165, 1.54) is 36.7 Å². The van der Waals surface area contributed by atoms with Crippen LogP contribution in [0.4, 0.5) is 11.4 Å². The second kappa shape index (κ2) is 6.71. The molecule has 2 aliphatic rings. The Bertz CT molecular complexity index is 860. The lowest BCUT2D eigenvalue weighted by molar-refractivity contribution is -0.384. The number of carbonyl (C=O) groups excluding carboxylic acids is 1. The molecular formula is C17H19N5O3S. The molecule has 2 aromatic rings. The minimum atomic E-state index is -0.481. The monoisotopic (exact) mass is 373 g/mol. The van der Waals surface area contributed by atoms with Crippen molar-refractivity contribution in [1.29, 1.82) is 0 Å². The molecule has 2 aliphatic carbocycles. The van der Waals surface area contributed by atoms with Crippen LogP contribution in [0.5, 0.6) is 0 Å². The van der Waals surface area contributed by atoms with Gasteiger partial charge in [-0.05, 0) is 38.7 Å². The highest BCUT2D eigenvalue weighted by Gasteiger charge is 2.37. The molecule has 1 unspecified atom stereocenters. The molecule has 26 heavy (non-hydrogen) atoms. The Balaban J connectivity index is 1.45. The summed E-state index contributed by atoms with van der Waals surface area (Å²) in [4.78, 5) is 22.9. The summed E-state index contributed by atoms with van der Waals surface area (Å²) in [6, 6.07) is 6.41. The van der Waals surface area contributed by atoms with Gasteiger partial charge in [0.1, 0.15) is 5.82 Å². The molecule has 1 amide bonds. The fourth-order valence-corrected chi connectivity index (χ4v) is 3.74. The first kappa shape index (κ1) is 17.0. The highest BCUT2D eigenvalue weighted by Crippen LogP contribution is 2.46. The SMILES string of the molecule is CC(Sc1nnc(C2CC2)n1C1CC1)C(=O)Nc1cccc([N+](=O)[O-])c1. The zero-order valence-corrected chi connectivity index (χ0v) is 15.1. The number of thioether (sulfide) groups is 1. The molecule has 1 N–H and O–H groups in total. The van der Waals surface area contributed by atoms with Crippen molar-refractivity contribution in [1.82, 2.24) is 14.8 Å². The number of carbonyl (C=O) groups is 1. The number of nitrogens with zero attached hydrogens (tertiary/aromatic N) is 4. The summed E-state index contributed by atoms with van der Waals surface area (Å²) < 4.78 is 2.21. The van der Waals surface area contributed by atoms with Crippen molar-refractivity contribution in [2.75, 3.05) is 5.32 Å². The Labute approximate surface area is 154 Å². The Morgan fingerprint density at radius 1 is 1.35 bits per heavy atom. The zero-order valence-electron chi connectivity index (χ0n) is 14.3. The second-order valence-electron chi connectivity index (χ2n) is 6.77. The first-order valence-electron chi connectivity index (χ1n) is 8.69. The Morgan fingerprint density at radius 2 is 2.12 bits per heavy atom. The number of non-ortho nitro benzene ring substituents is 1. The summed E-state index contributed by atoms with van der Waals surface area (Å²) in [6.45, 7) is 1.81. The van der Waals surface area contributed by atoms with Gasteiger partial charge in [0.25, 0.3) is 5.69 Å². The van der Waals surface area contributed by atoms with Crippen LogP contribution in [0.15, 0.2) is 29.4 Å². The van der Waals surface area contributed by atoms with Crippen LogP contribution in [0.2, 0.25) is 0 Å². The summed E-state index contributed by atoms with van der Waals surface area (Å²) >= 11 is 1.39. The number of benzene rings is 1. The molecule has 1 atom stereocenters. The molecule has 1 aromatic carbocycles. The third-order valence-electron chi connectivity index (χ3n) is 4.52. The van der Waals surface area contributed by atoms with Crippen LogP contribution < -0.4 is 5.32 Å². The van der Waals surface area contributed by atoms with Crippen LogP contribution in [0.3, 0.4) is 0 Å². The van der Waals surface area contributed by atoms with Crippen LogP contribution >= 0.6 is 11.8 Å². The molecule has 0 aliphatic heterocycles. The minimum absolute atomic E-state index is 0.0503. The van der Waals surface area contributed by atoms with Gasteiger partial charge in [0.05, 0.1) is 10.2 Å². The van der Waals surface area contributed by atoms with Gasteiger partial charge in [-0.25, -0.2) is 0 Å². The average Bonchev–Trinajstić information content (AvgIpc) is 3.54. The van der Waals surface area contributed by atoms with Crippen molar-refractivity contribution in [2.45, 2.75) is 55.0 Å². The van der Waals surface area contributed by atoms with Gasteiger partial charge in [0.15, 0.2) is 5.16 Å². The summed E-state index contributed by atoms with van der Waals surface area (Å²) in [7, 11) is 0. The van der Waals surface area contributed by atoms with Gasteiger partial charge in [-0.15, -0.1) is 10.2 Å². The number of nitrogens with one attached hydrogen (secondary N) is 1. The van der Waals surface area contributed by atoms with E-state index in [2.05, 4.69) is 20.1 Å². The van der Waals surface area contributed by atoms with Crippen molar-refractivity contribution >= 4 is 29.0 Å². The Kier molecular flexibility index (Phi) is 4.39. The van der Waals surface area contributed by atoms with Gasteiger partial charge in [-0.1, -0.05) is 17.8 Å². The number of rotatable bonds is 7. The maximum atomic E-state index is 12.5. The van der Waals surface area contributed by atoms with Gasteiger partial charge < -0.3 is 9.88 Å². The molecule has 0 radical (unpaired) electrons. The molecule has 1 heterocycles. The lowest BCUT2D eigenvalue weighted by atomic mass is 10.2. The second-order valence-corrected chi connectivity index (χ2v) is 8.08. The standard InChI is InChI=1S/C17H19N5O3S/c1-10(16(23)18-12-3-2-4-14(9-12)22(24)25)26-17-20-19-15(11-5-6-11)21(17)13-7-8-13/h2-4,9-11,13H,5-8H2,1H3,(H,18,23). The van der Waals surface area contributed by atoms with Crippen molar-refractivity contribution in [2.24, 2.45) is 0 Å². The molecule has 0 saturated heterocycles. The number of amides is 1. The zero-order chi connectivity index (χ0) is 18.3. The van der Waals surface area contributed by atoms with Crippen molar-refractivity contribution in [3.63, 3.8) is 0 Å². The highest BCUT2D eigenvalue weighted by atomic mass is 32.2. The van der Waals surface area contributed by atoms with E-state index in [0.29, 0.717) is 17.6 Å². The van der Waals surface area contributed by atoms with E-state index in [-0.39, 0.29) is 16.8 Å². The predicted octanol–water partition coefficient (Wildman–Crippen LogP) is 3.52. The lowest BCUT2D eigenvalue weighted by Gasteiger charge is -2.13. The van der Waals surface area contributed by atoms with E-state index in [9.17, 15) is 14.9 Å². The Morgan fingerprint density at radius 3 is 2.77 bits per heavy atom. The number of nitro benzene ring substituents is 1. The maximum Gasteiger partial charge on any atom is 0.271 e. The summed E-state index contributed by atoms with van der Waals surface area (Å²) in [5.41, 5.74) is 0.365. The van der Waals surface area contributed by atoms with E-state index in [4.69, 9.17) is 0 Å². The molecular weight excluding hydrogens is 354 g/mol. The topological polar surface area (TPSA) is 103 Å². The largest absolute Gasteiger partial charge is 0.325 e. The van der Waals surface area contributed by atoms with Crippen LogP contribution in [0, 0.1) is 10.1 Å². The molecule has 1 aromatic heterocycles. The quantitative estimate of drug-likeness (QED) is 0.452. The third kappa shape index (κ3) is 3.57. The number of hydrogen-bond acceptors (Lipinski definition) is 6. The fraction of sp³-hybridized carbons (Fsp3) is 0.471. The van der Waals surface area contributed by atoms with E-state index in [0.717, 1.165) is 23.8 Å². The van der Waals surface area contributed by atoms with Crippen LogP contribution in [0.25, 0.3) is 0 Å². The van der Waals surface area contributed by atoms with Gasteiger partial charge in [-0.3, -0.25) is 14.9 Å². The number of aromatic nitrogens is 3. The van der Waals surface area contributed by atoms with Crippen LogP contribution in [-0.2, 0) is 4.79 Å². The molecule has 8 nitrogen and oxygen atoms in total. The smallest absolute Gasteiger partial charge is 0.271 e. The molecule has 4 rings (SSSR count). The van der Waals surface area contributed by atoms with Crippen LogP contribution in [0.1, 0.15) is 50.4 Å². The molecule has 2 fully saturated rings. The first-order chi connectivity index (χ1) is 12.5. The van der Waals surface area contributed by atoms with Crippen molar-refractivity contribution in [3.8, 4) is 0 Å². The summed E-state index contributed by atoms with van der Waals surface area (Å²) in [5, 5.41) is 22.7. The lowest BCUT2D eigenvalue weighted by Crippen LogP contribution is -2.23. The van der Waals surface area contributed by atoms with Crippen molar-refractivity contribution in [3.05, 3.63) is 40.2 Å². The van der Waals surface area contributed by atoms with Crippen molar-refractivity contribution < 1.29 is 9.72 Å². The summed E-state index contributed by atoms with van der Waals surface area (Å²) in [6.07, 6.45) is 4.61. The predicted molar refractivity (Wildman–Crippen MR) is 97.3 cm³/mol. The molecule has 2 saturated carbocycles. The molecule has 0 bridgehead atoms. The molecule has 9 heteroatoms. The normalized spacial score (nSPS) is 17.7. The molecule has 0 spiro atoms. The minimum Gasteiger partial charge on any atom is -0.325 e. The first-order valence-corrected chi connectivity index (χ1v) is 9.57. The van der Waals surface area contributed by atoms with Crippen LogP contribution in [-0.4, -0.2) is 30.8 Å². The van der Waals surface area contributed by atoms with E-state index in [1.54, 1.807) is 19.1 Å². The number of hydrogen-bond donors (Lipinski definition) is 1.